The van der Waals surface area contributed by atoms with E-state index in [1.54, 1.807) is 18.5 Å². The average Bonchev–Trinajstić information content (AvgIpc) is 3.05. The van der Waals surface area contributed by atoms with Gasteiger partial charge >= 0.3 is 6.36 Å². The van der Waals surface area contributed by atoms with Crippen LogP contribution < -0.4 is 4.74 Å². The van der Waals surface area contributed by atoms with Gasteiger partial charge in [0.1, 0.15) is 12.1 Å². The molecule has 0 saturated carbocycles. The second kappa shape index (κ2) is 6.22. The summed E-state index contributed by atoms with van der Waals surface area (Å²) in [4.78, 5) is 4.38. The Balaban J connectivity index is 1.68. The number of ether oxygens (including phenoxy) is 1. The Kier molecular flexibility index (Phi) is 3.88. The van der Waals surface area contributed by atoms with Crippen molar-refractivity contribution in [3.05, 3.63) is 79.1 Å². The first kappa shape index (κ1) is 16.2. The van der Waals surface area contributed by atoms with Gasteiger partial charge in [-0.1, -0.05) is 36.4 Å². The van der Waals surface area contributed by atoms with E-state index in [1.807, 2.05) is 53.1 Å². The van der Waals surface area contributed by atoms with Gasteiger partial charge < -0.3 is 4.74 Å². The van der Waals surface area contributed by atoms with Crippen molar-refractivity contribution in [1.29, 1.82) is 0 Å². The highest BCUT2D eigenvalue weighted by Crippen LogP contribution is 2.28. The molecule has 0 fully saturated rings. The number of rotatable bonds is 3. The van der Waals surface area contributed by atoms with Gasteiger partial charge in [-0.25, -0.2) is 4.98 Å². The topological polar surface area (TPSA) is 27.1 Å². The minimum absolute atomic E-state index is 0.238. The standard InChI is InChI=1S/C20H13F3N2O/c21-20(22,23)26-17-10-8-14(9-11-17)15-4-3-5-16(12-15)25-13-24-18-6-1-2-7-19(18)25/h1-13H. The van der Waals surface area contributed by atoms with Crippen LogP contribution in [0.25, 0.3) is 27.8 Å². The van der Waals surface area contributed by atoms with E-state index in [-0.39, 0.29) is 5.75 Å². The van der Waals surface area contributed by atoms with Gasteiger partial charge in [0.15, 0.2) is 0 Å². The quantitative estimate of drug-likeness (QED) is 0.479. The predicted molar refractivity (Wildman–Crippen MR) is 93.2 cm³/mol. The molecule has 3 aromatic carbocycles. The first-order valence-electron chi connectivity index (χ1n) is 7.88. The van der Waals surface area contributed by atoms with E-state index in [1.165, 1.54) is 12.1 Å². The number of hydrogen-bond donors (Lipinski definition) is 0. The van der Waals surface area contributed by atoms with Crippen LogP contribution >= 0.6 is 0 Å². The van der Waals surface area contributed by atoms with E-state index in [0.717, 1.165) is 27.8 Å². The number of halogens is 3. The predicted octanol–water partition coefficient (Wildman–Crippen LogP) is 5.59. The fraction of sp³-hybridized carbons (Fsp3) is 0.0500. The molecule has 1 heterocycles. The smallest absolute Gasteiger partial charge is 0.406 e. The molecular formula is C20H13F3N2O. The largest absolute Gasteiger partial charge is 0.573 e. The maximum atomic E-state index is 12.3. The summed E-state index contributed by atoms with van der Waals surface area (Å²) in [5.41, 5.74) is 4.49. The number of benzene rings is 3. The second-order valence-electron chi connectivity index (χ2n) is 5.73. The van der Waals surface area contributed by atoms with Crippen LogP contribution in [-0.4, -0.2) is 15.9 Å². The summed E-state index contributed by atoms with van der Waals surface area (Å²) in [6.07, 6.45) is -2.94. The van der Waals surface area contributed by atoms with E-state index in [0.29, 0.717) is 0 Å². The Morgan fingerprint density at radius 3 is 2.35 bits per heavy atom. The third-order valence-electron chi connectivity index (χ3n) is 4.00. The van der Waals surface area contributed by atoms with E-state index < -0.39 is 6.36 Å². The van der Waals surface area contributed by atoms with Crippen LogP contribution in [0.2, 0.25) is 0 Å². The molecule has 0 bridgehead atoms. The van der Waals surface area contributed by atoms with E-state index in [4.69, 9.17) is 0 Å². The molecule has 1 aromatic heterocycles. The van der Waals surface area contributed by atoms with Crippen LogP contribution in [0.15, 0.2) is 79.1 Å². The lowest BCUT2D eigenvalue weighted by Gasteiger charge is -2.10. The highest BCUT2D eigenvalue weighted by molar-refractivity contribution is 5.78. The molecule has 4 aromatic rings. The van der Waals surface area contributed by atoms with Crippen molar-refractivity contribution in [2.45, 2.75) is 6.36 Å². The highest BCUT2D eigenvalue weighted by Gasteiger charge is 2.30. The van der Waals surface area contributed by atoms with Gasteiger partial charge in [0, 0.05) is 5.69 Å². The van der Waals surface area contributed by atoms with Gasteiger partial charge in [0.05, 0.1) is 11.0 Å². The van der Waals surface area contributed by atoms with Crippen molar-refractivity contribution in [2.24, 2.45) is 0 Å². The molecule has 0 aliphatic heterocycles. The average molecular weight is 354 g/mol. The first-order valence-corrected chi connectivity index (χ1v) is 7.88. The van der Waals surface area contributed by atoms with Gasteiger partial charge in [0.25, 0.3) is 0 Å². The van der Waals surface area contributed by atoms with Gasteiger partial charge in [-0.05, 0) is 47.5 Å². The van der Waals surface area contributed by atoms with Crippen molar-refractivity contribution in [3.63, 3.8) is 0 Å². The molecule has 0 atom stereocenters. The third kappa shape index (κ3) is 3.26. The molecule has 26 heavy (non-hydrogen) atoms. The van der Waals surface area contributed by atoms with Crippen molar-refractivity contribution in [1.82, 2.24) is 9.55 Å². The van der Waals surface area contributed by atoms with Crippen LogP contribution in [0.3, 0.4) is 0 Å². The number of imidazole rings is 1. The Hall–Kier alpha value is -3.28. The molecule has 0 saturated heterocycles. The van der Waals surface area contributed by atoms with Gasteiger partial charge in [0.2, 0.25) is 0 Å². The molecule has 0 N–H and O–H groups in total. The first-order chi connectivity index (χ1) is 12.5. The lowest BCUT2D eigenvalue weighted by molar-refractivity contribution is -0.274. The minimum Gasteiger partial charge on any atom is -0.406 e. The molecule has 0 aliphatic rings. The van der Waals surface area contributed by atoms with Crippen molar-refractivity contribution >= 4 is 11.0 Å². The maximum absolute atomic E-state index is 12.3. The summed E-state index contributed by atoms with van der Waals surface area (Å²) < 4.78 is 42.7. The van der Waals surface area contributed by atoms with Crippen LogP contribution in [0.1, 0.15) is 0 Å². The summed E-state index contributed by atoms with van der Waals surface area (Å²) in [6, 6.07) is 21.4. The summed E-state index contributed by atoms with van der Waals surface area (Å²) >= 11 is 0. The summed E-state index contributed by atoms with van der Waals surface area (Å²) in [5, 5.41) is 0. The SMILES string of the molecule is FC(F)(F)Oc1ccc(-c2cccc(-n3cnc4ccccc43)c2)cc1. The van der Waals surface area contributed by atoms with Crippen molar-refractivity contribution < 1.29 is 17.9 Å². The zero-order valence-corrected chi connectivity index (χ0v) is 13.4. The third-order valence-corrected chi connectivity index (χ3v) is 4.00. The van der Waals surface area contributed by atoms with E-state index in [9.17, 15) is 13.2 Å². The molecule has 0 unspecified atom stereocenters. The number of alkyl halides is 3. The fourth-order valence-corrected chi connectivity index (χ4v) is 2.85. The number of aromatic nitrogens is 2. The highest BCUT2D eigenvalue weighted by atomic mass is 19.4. The van der Waals surface area contributed by atoms with Crippen molar-refractivity contribution in [2.75, 3.05) is 0 Å². The molecule has 0 spiro atoms. The van der Waals surface area contributed by atoms with E-state index >= 15 is 0 Å². The van der Waals surface area contributed by atoms with Crippen LogP contribution in [0.4, 0.5) is 13.2 Å². The Morgan fingerprint density at radius 1 is 0.808 bits per heavy atom. The molecule has 130 valence electrons. The lowest BCUT2D eigenvalue weighted by Crippen LogP contribution is -2.16. The molecule has 6 heteroatoms. The number of nitrogens with zero attached hydrogens (tertiary/aromatic N) is 2. The van der Waals surface area contributed by atoms with Crippen molar-refractivity contribution in [3.8, 4) is 22.6 Å². The number of para-hydroxylation sites is 2. The maximum Gasteiger partial charge on any atom is 0.573 e. The van der Waals surface area contributed by atoms with Crippen LogP contribution in [0.5, 0.6) is 5.75 Å². The summed E-state index contributed by atoms with van der Waals surface area (Å²) in [5.74, 6) is -0.238. The molecule has 0 aliphatic carbocycles. The number of fused-ring (bicyclic) bond motifs is 1. The summed E-state index contributed by atoms with van der Waals surface area (Å²) in [6.45, 7) is 0. The molecule has 3 nitrogen and oxygen atoms in total. The lowest BCUT2D eigenvalue weighted by atomic mass is 10.0. The van der Waals surface area contributed by atoms with Gasteiger partial charge in [-0.15, -0.1) is 13.2 Å². The normalized spacial score (nSPS) is 11.7. The zero-order valence-electron chi connectivity index (χ0n) is 13.4. The van der Waals surface area contributed by atoms with Crippen LogP contribution in [-0.2, 0) is 0 Å². The minimum atomic E-state index is -4.69. The fourth-order valence-electron chi connectivity index (χ4n) is 2.85. The molecule has 4 rings (SSSR count). The summed E-state index contributed by atoms with van der Waals surface area (Å²) in [7, 11) is 0. The Morgan fingerprint density at radius 2 is 1.58 bits per heavy atom. The molecule has 0 amide bonds. The number of hydrogen-bond acceptors (Lipinski definition) is 2. The Labute approximate surface area is 147 Å². The van der Waals surface area contributed by atoms with E-state index in [2.05, 4.69) is 9.72 Å². The monoisotopic (exact) mass is 354 g/mol. The Bertz CT molecular complexity index is 1050. The second-order valence-corrected chi connectivity index (χ2v) is 5.73. The molecule has 0 radical (unpaired) electrons. The van der Waals surface area contributed by atoms with Crippen LogP contribution in [0, 0.1) is 0 Å². The zero-order chi connectivity index (χ0) is 18.1. The van der Waals surface area contributed by atoms with Gasteiger partial charge in [-0.2, -0.15) is 0 Å². The molecular weight excluding hydrogens is 341 g/mol. The van der Waals surface area contributed by atoms with Gasteiger partial charge in [-0.3, -0.25) is 4.57 Å².